The number of nitrogens with zero attached hydrogens (tertiary/aromatic N) is 3. The zero-order chi connectivity index (χ0) is 13.7. The van der Waals surface area contributed by atoms with Crippen LogP contribution in [0.5, 0.6) is 0 Å². The van der Waals surface area contributed by atoms with E-state index in [1.807, 2.05) is 30.1 Å². The molecule has 2 aromatic rings. The largest absolute Gasteiger partial charge is 0.395 e. The summed E-state index contributed by atoms with van der Waals surface area (Å²) in [5.74, 6) is 0. The molecule has 0 amide bonds. The Morgan fingerprint density at radius 2 is 2.11 bits per heavy atom. The zero-order valence-corrected chi connectivity index (χ0v) is 11.1. The van der Waals surface area contributed by atoms with E-state index in [1.54, 1.807) is 17.0 Å². The summed E-state index contributed by atoms with van der Waals surface area (Å²) in [7, 11) is 1.96. The second-order valence-electron chi connectivity index (χ2n) is 4.64. The van der Waals surface area contributed by atoms with Crippen molar-refractivity contribution >= 4 is 10.9 Å². The van der Waals surface area contributed by atoms with Crippen LogP contribution in [0.1, 0.15) is 6.42 Å². The zero-order valence-electron chi connectivity index (χ0n) is 11.1. The summed E-state index contributed by atoms with van der Waals surface area (Å²) in [4.78, 5) is 18.5. The van der Waals surface area contributed by atoms with Gasteiger partial charge in [-0.3, -0.25) is 9.36 Å². The van der Waals surface area contributed by atoms with Gasteiger partial charge in [0.15, 0.2) is 0 Å². The highest BCUT2D eigenvalue weighted by Gasteiger charge is 2.03. The minimum absolute atomic E-state index is 0.00964. The Balaban J connectivity index is 2.05. The van der Waals surface area contributed by atoms with E-state index in [4.69, 9.17) is 5.11 Å². The van der Waals surface area contributed by atoms with Gasteiger partial charge in [0.25, 0.3) is 5.56 Å². The number of aliphatic hydroxyl groups excluding tert-OH is 1. The molecule has 102 valence electrons. The molecule has 0 saturated heterocycles. The number of benzene rings is 1. The summed E-state index contributed by atoms with van der Waals surface area (Å²) in [5, 5.41) is 9.47. The van der Waals surface area contributed by atoms with Crippen LogP contribution in [-0.4, -0.2) is 46.3 Å². The molecule has 0 fully saturated rings. The van der Waals surface area contributed by atoms with E-state index in [0.717, 1.165) is 18.5 Å². The topological polar surface area (TPSA) is 58.4 Å². The molecule has 0 spiro atoms. The van der Waals surface area contributed by atoms with Gasteiger partial charge in [-0.25, -0.2) is 4.98 Å². The predicted molar refractivity (Wildman–Crippen MR) is 75.2 cm³/mol. The Labute approximate surface area is 112 Å². The molecule has 0 aliphatic rings. The fraction of sp³-hybridized carbons (Fsp3) is 0.429. The Kier molecular flexibility index (Phi) is 4.65. The van der Waals surface area contributed by atoms with Crippen molar-refractivity contribution in [1.82, 2.24) is 14.5 Å². The monoisotopic (exact) mass is 261 g/mol. The van der Waals surface area contributed by atoms with Gasteiger partial charge in [-0.2, -0.15) is 0 Å². The maximum absolute atomic E-state index is 12.2. The number of fused-ring (bicyclic) bond motifs is 1. The summed E-state index contributed by atoms with van der Waals surface area (Å²) in [6.07, 6.45) is 2.47. The SMILES string of the molecule is CN(CCO)CCCn1cnc2ccccc2c1=O. The highest BCUT2D eigenvalue weighted by molar-refractivity contribution is 5.76. The lowest BCUT2D eigenvalue weighted by molar-refractivity contribution is 0.218. The quantitative estimate of drug-likeness (QED) is 0.832. The molecular formula is C14H19N3O2. The standard InChI is InChI=1S/C14H19N3O2/c1-16(9-10-18)7-4-8-17-11-15-13-6-3-2-5-12(13)14(17)19/h2-3,5-6,11,18H,4,7-10H2,1H3. The van der Waals surface area contributed by atoms with E-state index < -0.39 is 0 Å². The first-order chi connectivity index (χ1) is 9.22. The van der Waals surface area contributed by atoms with Crippen LogP contribution in [0.2, 0.25) is 0 Å². The first-order valence-electron chi connectivity index (χ1n) is 6.46. The summed E-state index contributed by atoms with van der Waals surface area (Å²) in [6, 6.07) is 7.38. The van der Waals surface area contributed by atoms with Crippen LogP contribution in [0.4, 0.5) is 0 Å². The summed E-state index contributed by atoms with van der Waals surface area (Å²) >= 11 is 0. The third kappa shape index (κ3) is 3.39. The fourth-order valence-electron chi connectivity index (χ4n) is 2.06. The van der Waals surface area contributed by atoms with Crippen molar-refractivity contribution in [3.63, 3.8) is 0 Å². The smallest absolute Gasteiger partial charge is 0.261 e. The minimum atomic E-state index is 0.00964. The number of aliphatic hydroxyl groups is 1. The molecule has 0 saturated carbocycles. The van der Waals surface area contributed by atoms with E-state index in [-0.39, 0.29) is 12.2 Å². The van der Waals surface area contributed by atoms with Crippen molar-refractivity contribution in [2.75, 3.05) is 26.7 Å². The first kappa shape index (κ1) is 13.7. The van der Waals surface area contributed by atoms with Gasteiger partial charge in [0, 0.05) is 13.1 Å². The van der Waals surface area contributed by atoms with Gasteiger partial charge in [0.2, 0.25) is 0 Å². The molecule has 0 aliphatic heterocycles. The van der Waals surface area contributed by atoms with Gasteiger partial charge in [0.05, 0.1) is 23.8 Å². The van der Waals surface area contributed by atoms with Gasteiger partial charge in [-0.15, -0.1) is 0 Å². The van der Waals surface area contributed by atoms with Crippen LogP contribution < -0.4 is 5.56 Å². The highest BCUT2D eigenvalue weighted by atomic mass is 16.3. The molecule has 0 bridgehead atoms. The molecule has 1 aromatic heterocycles. The van der Waals surface area contributed by atoms with Gasteiger partial charge in [0.1, 0.15) is 0 Å². The molecule has 1 N–H and O–H groups in total. The number of hydrogen-bond acceptors (Lipinski definition) is 4. The van der Waals surface area contributed by atoms with Crippen molar-refractivity contribution in [3.05, 3.63) is 40.9 Å². The summed E-state index contributed by atoms with van der Waals surface area (Å²) < 4.78 is 1.65. The van der Waals surface area contributed by atoms with Gasteiger partial charge < -0.3 is 10.0 Å². The number of likely N-dealkylation sites (N-methyl/N-ethyl adjacent to an activating group) is 1. The van der Waals surface area contributed by atoms with Crippen LogP contribution in [0, 0.1) is 0 Å². The van der Waals surface area contributed by atoms with Crippen molar-refractivity contribution in [2.24, 2.45) is 0 Å². The van der Waals surface area contributed by atoms with Crippen LogP contribution in [0.3, 0.4) is 0 Å². The average molecular weight is 261 g/mol. The van der Waals surface area contributed by atoms with Crippen LogP contribution >= 0.6 is 0 Å². The molecule has 5 nitrogen and oxygen atoms in total. The Morgan fingerprint density at radius 3 is 2.89 bits per heavy atom. The summed E-state index contributed by atoms with van der Waals surface area (Å²) in [6.45, 7) is 2.31. The van der Waals surface area contributed by atoms with E-state index in [9.17, 15) is 4.79 Å². The number of aryl methyl sites for hydroxylation is 1. The number of rotatable bonds is 6. The lowest BCUT2D eigenvalue weighted by Gasteiger charge is -2.15. The van der Waals surface area contributed by atoms with Crippen LogP contribution in [0.15, 0.2) is 35.4 Å². The number of hydrogen-bond donors (Lipinski definition) is 1. The van der Waals surface area contributed by atoms with E-state index in [1.165, 1.54) is 0 Å². The van der Waals surface area contributed by atoms with E-state index in [2.05, 4.69) is 4.98 Å². The van der Waals surface area contributed by atoms with Gasteiger partial charge >= 0.3 is 0 Å². The van der Waals surface area contributed by atoms with Crippen molar-refractivity contribution in [2.45, 2.75) is 13.0 Å². The second kappa shape index (κ2) is 6.45. The van der Waals surface area contributed by atoms with E-state index >= 15 is 0 Å². The van der Waals surface area contributed by atoms with Crippen molar-refractivity contribution < 1.29 is 5.11 Å². The normalized spacial score (nSPS) is 11.3. The maximum atomic E-state index is 12.2. The first-order valence-corrected chi connectivity index (χ1v) is 6.46. The molecule has 5 heteroatoms. The molecule has 0 radical (unpaired) electrons. The molecule has 19 heavy (non-hydrogen) atoms. The van der Waals surface area contributed by atoms with Crippen molar-refractivity contribution in [1.29, 1.82) is 0 Å². The van der Waals surface area contributed by atoms with Gasteiger partial charge in [-0.1, -0.05) is 12.1 Å². The van der Waals surface area contributed by atoms with Crippen LogP contribution in [0.25, 0.3) is 10.9 Å². The Bertz CT molecular complexity index is 595. The van der Waals surface area contributed by atoms with Crippen LogP contribution in [-0.2, 0) is 6.54 Å². The number of aromatic nitrogens is 2. The third-order valence-corrected chi connectivity index (χ3v) is 3.15. The van der Waals surface area contributed by atoms with E-state index in [0.29, 0.717) is 18.5 Å². The predicted octanol–water partition coefficient (Wildman–Crippen LogP) is 0.711. The van der Waals surface area contributed by atoms with Crippen molar-refractivity contribution in [3.8, 4) is 0 Å². The lowest BCUT2D eigenvalue weighted by Crippen LogP contribution is -2.26. The minimum Gasteiger partial charge on any atom is -0.395 e. The third-order valence-electron chi connectivity index (χ3n) is 3.15. The molecular weight excluding hydrogens is 242 g/mol. The average Bonchev–Trinajstić information content (AvgIpc) is 2.42. The fourth-order valence-corrected chi connectivity index (χ4v) is 2.06. The summed E-state index contributed by atoms with van der Waals surface area (Å²) in [5.41, 5.74) is 0.747. The maximum Gasteiger partial charge on any atom is 0.261 e. The molecule has 2 rings (SSSR count). The molecule has 1 heterocycles. The lowest BCUT2D eigenvalue weighted by atomic mass is 10.2. The second-order valence-corrected chi connectivity index (χ2v) is 4.64. The number of para-hydroxylation sites is 1. The van der Waals surface area contributed by atoms with Gasteiger partial charge in [-0.05, 0) is 32.1 Å². The molecule has 1 aromatic carbocycles. The Morgan fingerprint density at radius 1 is 1.32 bits per heavy atom. The molecule has 0 atom stereocenters. The molecule has 0 unspecified atom stereocenters. The highest BCUT2D eigenvalue weighted by Crippen LogP contribution is 2.04. The Hall–Kier alpha value is -1.72. The molecule has 0 aliphatic carbocycles.